The summed E-state index contributed by atoms with van der Waals surface area (Å²) in [5.74, 6) is -3.08. The summed E-state index contributed by atoms with van der Waals surface area (Å²) in [7, 11) is 1.23. The van der Waals surface area contributed by atoms with Crippen LogP contribution in [0.1, 0.15) is 49.2 Å². The van der Waals surface area contributed by atoms with Crippen molar-refractivity contribution in [2.45, 2.75) is 29.9 Å². The fourth-order valence-electron chi connectivity index (χ4n) is 4.18. The molecule has 0 aliphatic carbocycles. The van der Waals surface area contributed by atoms with Gasteiger partial charge in [0.25, 0.3) is 5.91 Å². The second-order valence-electron chi connectivity index (χ2n) is 9.44. The Morgan fingerprint density at radius 1 is 0.841 bits per heavy atom. The van der Waals surface area contributed by atoms with Crippen LogP contribution in [0.5, 0.6) is 0 Å². The number of hydrogen-bond acceptors (Lipinski definition) is 8. The van der Waals surface area contributed by atoms with E-state index in [1.165, 1.54) is 18.9 Å². The van der Waals surface area contributed by atoms with Gasteiger partial charge in [-0.25, -0.2) is 4.79 Å². The average Bonchev–Trinajstić information content (AvgIpc) is 3.34. The van der Waals surface area contributed by atoms with Gasteiger partial charge in [-0.1, -0.05) is 54.6 Å². The van der Waals surface area contributed by atoms with Gasteiger partial charge in [0.1, 0.15) is 10.3 Å². The number of esters is 1. The highest BCUT2D eigenvalue weighted by molar-refractivity contribution is 8.00. The van der Waals surface area contributed by atoms with E-state index in [1.807, 2.05) is 12.1 Å². The van der Waals surface area contributed by atoms with Crippen LogP contribution in [0.15, 0.2) is 89.8 Å². The smallest absolute Gasteiger partial charge is 0.341 e. The van der Waals surface area contributed by atoms with E-state index in [0.717, 1.165) is 11.3 Å². The van der Waals surface area contributed by atoms with E-state index in [9.17, 15) is 24.0 Å². The van der Waals surface area contributed by atoms with Gasteiger partial charge in [-0.15, -0.1) is 23.1 Å². The summed E-state index contributed by atoms with van der Waals surface area (Å²) in [6, 6.07) is 24.7. The van der Waals surface area contributed by atoms with Crippen LogP contribution >= 0.6 is 23.1 Å². The third-order valence-corrected chi connectivity index (χ3v) is 8.74. The Hall–Kier alpha value is -4.94. The zero-order valence-corrected chi connectivity index (χ0v) is 25.4. The third-order valence-electron chi connectivity index (χ3n) is 6.29. The zero-order chi connectivity index (χ0) is 31.6. The molecule has 0 radical (unpaired) electrons. The Kier molecular flexibility index (Phi) is 10.9. The molecule has 3 aromatic carbocycles. The molecule has 0 aliphatic rings. The van der Waals surface area contributed by atoms with Crippen LogP contribution in [0.25, 0.3) is 0 Å². The lowest BCUT2D eigenvalue weighted by Crippen LogP contribution is -2.20. The van der Waals surface area contributed by atoms with Crippen LogP contribution in [0.3, 0.4) is 0 Å². The molecule has 0 saturated carbocycles. The van der Waals surface area contributed by atoms with Crippen molar-refractivity contribution in [3.63, 3.8) is 0 Å². The molecule has 10 nitrogen and oxygen atoms in total. The van der Waals surface area contributed by atoms with Crippen LogP contribution in [0, 0.1) is 6.92 Å². The number of ether oxygens (including phenoxy) is 1. The summed E-state index contributed by atoms with van der Waals surface area (Å²) in [5, 5.41) is 16.6. The Bertz CT molecular complexity index is 1670. The predicted molar refractivity (Wildman–Crippen MR) is 170 cm³/mol. The van der Waals surface area contributed by atoms with Crippen molar-refractivity contribution in [2.75, 3.05) is 23.1 Å². The number of methoxy groups -OCH3 is 1. The van der Waals surface area contributed by atoms with E-state index in [1.54, 1.807) is 79.7 Å². The van der Waals surface area contributed by atoms with Crippen LogP contribution in [-0.4, -0.2) is 41.9 Å². The molecule has 0 spiro atoms. The molecule has 44 heavy (non-hydrogen) atoms. The number of thiophene rings is 1. The number of rotatable bonds is 12. The minimum Gasteiger partial charge on any atom is -0.481 e. The molecule has 1 unspecified atom stereocenters. The quantitative estimate of drug-likeness (QED) is 0.104. The van der Waals surface area contributed by atoms with Crippen molar-refractivity contribution in [3.05, 3.63) is 106 Å². The fraction of sp³-hybridized carbons (Fsp3) is 0.156. The summed E-state index contributed by atoms with van der Waals surface area (Å²) in [6.07, 6.45) is -0.461. The Morgan fingerprint density at radius 2 is 1.50 bits per heavy atom. The average molecular weight is 632 g/mol. The number of amides is 3. The highest BCUT2D eigenvalue weighted by Gasteiger charge is 2.29. The lowest BCUT2D eigenvalue weighted by Gasteiger charge is -2.17. The van der Waals surface area contributed by atoms with E-state index < -0.39 is 34.9 Å². The predicted octanol–water partition coefficient (Wildman–Crippen LogP) is 6.37. The summed E-state index contributed by atoms with van der Waals surface area (Å²) < 4.78 is 4.98. The van der Waals surface area contributed by atoms with Gasteiger partial charge in [0.05, 0.1) is 24.0 Å². The monoisotopic (exact) mass is 631 g/mol. The first-order chi connectivity index (χ1) is 21.2. The topological polar surface area (TPSA) is 151 Å². The minimum absolute atomic E-state index is 0.0898. The number of hydrogen-bond donors (Lipinski definition) is 4. The van der Waals surface area contributed by atoms with E-state index >= 15 is 0 Å². The molecule has 0 aliphatic heterocycles. The van der Waals surface area contributed by atoms with Crippen LogP contribution in [0.4, 0.5) is 16.4 Å². The molecule has 0 saturated heterocycles. The highest BCUT2D eigenvalue weighted by atomic mass is 32.2. The molecule has 0 fully saturated rings. The van der Waals surface area contributed by atoms with E-state index in [-0.39, 0.29) is 28.3 Å². The number of aliphatic carboxylic acids is 1. The molecule has 4 rings (SSSR count). The van der Waals surface area contributed by atoms with Gasteiger partial charge in [0.15, 0.2) is 0 Å². The first kappa shape index (κ1) is 32.0. The fourth-order valence-corrected chi connectivity index (χ4v) is 6.36. The van der Waals surface area contributed by atoms with Crippen molar-refractivity contribution in [2.24, 2.45) is 0 Å². The van der Waals surface area contributed by atoms with Gasteiger partial charge in [0.2, 0.25) is 11.8 Å². The molecule has 1 heterocycles. The minimum atomic E-state index is -1.07. The Labute approximate surface area is 261 Å². The van der Waals surface area contributed by atoms with Gasteiger partial charge in [-0.05, 0) is 48.4 Å². The first-order valence-electron chi connectivity index (χ1n) is 13.4. The second kappa shape index (κ2) is 15.0. The highest BCUT2D eigenvalue weighted by Crippen LogP contribution is 2.40. The Balaban J connectivity index is 1.61. The molecule has 4 N–H and O–H groups in total. The van der Waals surface area contributed by atoms with Crippen molar-refractivity contribution in [1.82, 2.24) is 0 Å². The standard InChI is InChI=1S/C32H29N3O7S2/c1-19-26(32(41)42-2)31(44-27(19)29(39)34-21-12-7-4-8-13-21)35-30(40)28(20-10-5-3-6-11-20)43-23-15-9-14-22(18-23)33-24(36)16-17-25(37)38/h3-15,18,28H,16-17H2,1-2H3,(H,33,36)(H,34,39)(H,35,40)(H,37,38). The number of carboxylic acid groups (broad SMARTS) is 1. The number of benzene rings is 3. The largest absolute Gasteiger partial charge is 0.481 e. The van der Waals surface area contributed by atoms with Gasteiger partial charge in [-0.3, -0.25) is 19.2 Å². The number of para-hydroxylation sites is 1. The maximum atomic E-state index is 13.9. The summed E-state index contributed by atoms with van der Waals surface area (Å²) in [6.45, 7) is 1.62. The van der Waals surface area contributed by atoms with Crippen molar-refractivity contribution in [3.8, 4) is 0 Å². The van der Waals surface area contributed by atoms with Gasteiger partial charge in [-0.2, -0.15) is 0 Å². The van der Waals surface area contributed by atoms with E-state index in [2.05, 4.69) is 16.0 Å². The molecule has 3 amide bonds. The maximum absolute atomic E-state index is 13.9. The van der Waals surface area contributed by atoms with Crippen LogP contribution < -0.4 is 16.0 Å². The van der Waals surface area contributed by atoms with Gasteiger partial charge < -0.3 is 25.8 Å². The lowest BCUT2D eigenvalue weighted by molar-refractivity contribution is -0.138. The van der Waals surface area contributed by atoms with Crippen LogP contribution in [-0.2, 0) is 19.1 Å². The normalized spacial score (nSPS) is 11.2. The molecule has 12 heteroatoms. The van der Waals surface area contributed by atoms with Crippen LogP contribution in [0.2, 0.25) is 0 Å². The number of anilines is 3. The maximum Gasteiger partial charge on any atom is 0.341 e. The number of carbonyl (C=O) groups is 5. The number of carboxylic acids is 1. The Morgan fingerprint density at radius 3 is 2.16 bits per heavy atom. The molecule has 4 aromatic rings. The third kappa shape index (κ3) is 8.33. The van der Waals surface area contributed by atoms with Crippen molar-refractivity contribution >= 4 is 69.1 Å². The summed E-state index contributed by atoms with van der Waals surface area (Å²) in [4.78, 5) is 63.7. The van der Waals surface area contributed by atoms with Crippen molar-refractivity contribution < 1.29 is 33.8 Å². The number of carbonyl (C=O) groups excluding carboxylic acids is 4. The van der Waals surface area contributed by atoms with Gasteiger partial charge in [0, 0.05) is 22.7 Å². The summed E-state index contributed by atoms with van der Waals surface area (Å²) in [5.41, 5.74) is 2.18. The SMILES string of the molecule is COC(=O)c1c(NC(=O)C(Sc2cccc(NC(=O)CCC(=O)O)c2)c2ccccc2)sc(C(=O)Nc2ccccc2)c1C. The molecule has 1 atom stereocenters. The first-order valence-corrected chi connectivity index (χ1v) is 15.1. The molecular weight excluding hydrogens is 603 g/mol. The molecular formula is C32H29N3O7S2. The summed E-state index contributed by atoms with van der Waals surface area (Å²) >= 11 is 2.20. The molecule has 226 valence electrons. The van der Waals surface area contributed by atoms with Crippen molar-refractivity contribution in [1.29, 1.82) is 0 Å². The zero-order valence-electron chi connectivity index (χ0n) is 23.8. The molecule has 0 bridgehead atoms. The van der Waals surface area contributed by atoms with E-state index in [0.29, 0.717) is 27.4 Å². The molecule has 1 aromatic heterocycles. The van der Waals surface area contributed by atoms with Gasteiger partial charge >= 0.3 is 11.9 Å². The van der Waals surface area contributed by atoms with E-state index in [4.69, 9.17) is 9.84 Å². The number of nitrogens with one attached hydrogen (secondary N) is 3. The number of thioether (sulfide) groups is 1. The lowest BCUT2D eigenvalue weighted by atomic mass is 10.1. The second-order valence-corrected chi connectivity index (χ2v) is 11.6.